The third kappa shape index (κ3) is 5.59. The monoisotopic (exact) mass is 652 g/mol. The van der Waals surface area contributed by atoms with E-state index in [1.54, 1.807) is 18.2 Å². The molecule has 5 rings (SSSR count). The van der Waals surface area contributed by atoms with Crippen LogP contribution >= 0.6 is 0 Å². The number of benzene rings is 3. The number of ketones is 1. The number of hydrogen-bond donors (Lipinski definition) is 2. The first kappa shape index (κ1) is 32.6. The molecule has 0 radical (unpaired) electrons. The second-order valence-electron chi connectivity index (χ2n) is 10.7. The summed E-state index contributed by atoms with van der Waals surface area (Å²) in [6, 6.07) is 11.3. The summed E-state index contributed by atoms with van der Waals surface area (Å²) in [5, 5.41) is 12.3. The Bertz CT molecular complexity index is 1680. The molecule has 2 heterocycles. The molecule has 1 saturated heterocycles. The fourth-order valence-corrected chi connectivity index (χ4v) is 5.13. The molecule has 1 atom stereocenters. The van der Waals surface area contributed by atoms with Gasteiger partial charge in [0.1, 0.15) is 30.3 Å². The van der Waals surface area contributed by atoms with E-state index in [0.29, 0.717) is 42.4 Å². The van der Waals surface area contributed by atoms with Crippen LogP contribution in [-0.2, 0) is 22.4 Å². The number of rotatable bonds is 8. The van der Waals surface area contributed by atoms with Gasteiger partial charge >= 0.3 is 18.4 Å². The van der Waals surface area contributed by atoms with E-state index in [0.717, 1.165) is 11.0 Å². The van der Waals surface area contributed by atoms with E-state index >= 15 is 0 Å². The molecule has 3 aromatic carbocycles. The van der Waals surface area contributed by atoms with Crippen LogP contribution in [0.1, 0.15) is 40.9 Å². The summed E-state index contributed by atoms with van der Waals surface area (Å²) < 4.78 is 96.7. The normalized spacial score (nSPS) is 18.4. The molecule has 2 N–H and O–H groups in total. The summed E-state index contributed by atoms with van der Waals surface area (Å²) >= 11 is 0. The van der Waals surface area contributed by atoms with Crippen LogP contribution < -0.4 is 19.5 Å². The lowest BCUT2D eigenvalue weighted by Crippen LogP contribution is -2.53. The Kier molecular flexibility index (Phi) is 8.17. The number of carbonyl (C=O) groups excluding carboxylic acids is 3. The number of imide groups is 1. The van der Waals surface area contributed by atoms with Crippen molar-refractivity contribution in [2.24, 2.45) is 0 Å². The van der Waals surface area contributed by atoms with Crippen LogP contribution in [0.15, 0.2) is 60.7 Å². The Morgan fingerprint density at radius 1 is 0.935 bits per heavy atom. The molecule has 3 amide bonds. The molecule has 0 aromatic heterocycles. The highest BCUT2D eigenvalue weighted by Crippen LogP contribution is 2.50. The van der Waals surface area contributed by atoms with Gasteiger partial charge in [-0.3, -0.25) is 14.5 Å². The van der Waals surface area contributed by atoms with Crippen LogP contribution in [-0.4, -0.2) is 59.8 Å². The lowest BCUT2D eigenvalue weighted by Gasteiger charge is -2.33. The van der Waals surface area contributed by atoms with Gasteiger partial charge in [0.15, 0.2) is 17.3 Å². The van der Waals surface area contributed by atoms with Crippen molar-refractivity contribution in [3.8, 4) is 23.0 Å². The van der Waals surface area contributed by atoms with Gasteiger partial charge in [0, 0.05) is 11.1 Å². The van der Waals surface area contributed by atoms with Gasteiger partial charge in [-0.15, -0.1) is 0 Å². The van der Waals surface area contributed by atoms with Gasteiger partial charge in [0.25, 0.3) is 11.5 Å². The summed E-state index contributed by atoms with van der Waals surface area (Å²) in [5.41, 5.74) is -7.51. The molecule has 0 unspecified atom stereocenters. The number of halogens is 6. The summed E-state index contributed by atoms with van der Waals surface area (Å²) in [7, 11) is 0. The molecule has 9 nitrogen and oxygen atoms in total. The van der Waals surface area contributed by atoms with Gasteiger partial charge < -0.3 is 24.6 Å². The smallest absolute Gasteiger partial charge is 0.430 e. The number of aliphatic hydroxyl groups is 1. The quantitative estimate of drug-likeness (QED) is 0.180. The van der Waals surface area contributed by atoms with Gasteiger partial charge in [-0.25, -0.2) is 4.79 Å². The van der Waals surface area contributed by atoms with E-state index in [1.165, 1.54) is 38.1 Å². The van der Waals surface area contributed by atoms with Crippen molar-refractivity contribution in [3.63, 3.8) is 0 Å². The van der Waals surface area contributed by atoms with Crippen molar-refractivity contribution in [3.05, 3.63) is 82.9 Å². The van der Waals surface area contributed by atoms with Crippen LogP contribution in [0.2, 0.25) is 0 Å². The number of aryl methyl sites for hydroxylation is 1. The largest absolute Gasteiger partial charge is 0.486 e. The third-order valence-corrected chi connectivity index (χ3v) is 7.78. The average Bonchev–Trinajstić information content (AvgIpc) is 3.23. The standard InChI is InChI=1S/C31H26F6N2O7/c1-3-17-14-20(29(43,30(32,33)34)31(35,36)37)7-10-23(17)46-21-8-4-18(5-9-21)22(40)16-39-26(41)28(2,38-27(39)42)19-6-11-24-25(15-19)45-13-12-44-24/h4-11,14-15,43H,3,12-13,16H2,1-2H3,(H,38,42)/t28-/m0/s1. The van der Waals surface area contributed by atoms with E-state index in [2.05, 4.69) is 5.32 Å². The Morgan fingerprint density at radius 3 is 2.17 bits per heavy atom. The molecule has 3 aromatic rings. The van der Waals surface area contributed by atoms with Crippen molar-refractivity contribution in [2.75, 3.05) is 19.8 Å². The van der Waals surface area contributed by atoms with E-state index in [-0.39, 0.29) is 29.0 Å². The highest BCUT2D eigenvalue weighted by molar-refractivity contribution is 6.11. The minimum Gasteiger partial charge on any atom is -0.486 e. The number of nitrogens with zero attached hydrogens (tertiary/aromatic N) is 1. The highest BCUT2D eigenvalue weighted by atomic mass is 19.4. The maximum absolute atomic E-state index is 13.3. The van der Waals surface area contributed by atoms with Crippen molar-refractivity contribution >= 4 is 17.7 Å². The van der Waals surface area contributed by atoms with Crippen LogP contribution in [0.5, 0.6) is 23.0 Å². The molecule has 1 fully saturated rings. The molecule has 46 heavy (non-hydrogen) atoms. The van der Waals surface area contributed by atoms with Crippen LogP contribution in [0.4, 0.5) is 31.1 Å². The minimum atomic E-state index is -6.04. The predicted molar refractivity (Wildman–Crippen MR) is 148 cm³/mol. The average molecular weight is 653 g/mol. The predicted octanol–water partition coefficient (Wildman–Crippen LogP) is 5.77. The zero-order chi connectivity index (χ0) is 33.7. The maximum atomic E-state index is 13.3. The minimum absolute atomic E-state index is 0.0390. The molecule has 15 heteroatoms. The molecule has 2 aliphatic rings. The van der Waals surface area contributed by atoms with E-state index in [1.807, 2.05) is 0 Å². The van der Waals surface area contributed by atoms with E-state index < -0.39 is 53.3 Å². The van der Waals surface area contributed by atoms with Gasteiger partial charge in [-0.05, 0) is 73.0 Å². The molecular formula is C31H26F6N2O7. The number of nitrogens with one attached hydrogen (secondary N) is 1. The summed E-state index contributed by atoms with van der Waals surface area (Å²) in [6.07, 6.45) is -12.1. The third-order valence-electron chi connectivity index (χ3n) is 7.78. The van der Waals surface area contributed by atoms with Gasteiger partial charge in [-0.1, -0.05) is 19.1 Å². The molecule has 0 spiro atoms. The number of Topliss-reactive ketones (excluding diaryl/α,β-unsaturated/α-hetero) is 1. The van der Waals surface area contributed by atoms with E-state index in [4.69, 9.17) is 14.2 Å². The topological polar surface area (TPSA) is 114 Å². The van der Waals surface area contributed by atoms with Crippen molar-refractivity contribution in [2.45, 2.75) is 43.8 Å². The number of carbonyl (C=O) groups is 3. The number of amides is 3. The maximum Gasteiger partial charge on any atom is 0.430 e. The Hall–Kier alpha value is -4.79. The summed E-state index contributed by atoms with van der Waals surface area (Å²) in [5.74, 6) is -0.348. The fourth-order valence-electron chi connectivity index (χ4n) is 5.13. The van der Waals surface area contributed by atoms with Crippen molar-refractivity contribution < 1.29 is 60.0 Å². The van der Waals surface area contributed by atoms with Crippen LogP contribution in [0, 0.1) is 0 Å². The second kappa shape index (κ2) is 11.5. The molecule has 244 valence electrons. The number of urea groups is 1. The Balaban J connectivity index is 1.29. The van der Waals surface area contributed by atoms with E-state index in [9.17, 15) is 45.8 Å². The zero-order valence-corrected chi connectivity index (χ0v) is 24.2. The van der Waals surface area contributed by atoms with Crippen molar-refractivity contribution in [1.82, 2.24) is 10.2 Å². The number of fused-ring (bicyclic) bond motifs is 1. The molecular weight excluding hydrogens is 626 g/mol. The highest BCUT2D eigenvalue weighted by Gasteiger charge is 2.71. The molecule has 0 aliphatic carbocycles. The number of alkyl halides is 6. The molecule has 0 bridgehead atoms. The second-order valence-corrected chi connectivity index (χ2v) is 10.7. The number of ether oxygens (including phenoxy) is 3. The molecule has 0 saturated carbocycles. The van der Waals surface area contributed by atoms with Gasteiger partial charge in [0.05, 0.1) is 6.54 Å². The first-order valence-corrected chi connectivity index (χ1v) is 13.8. The summed E-state index contributed by atoms with van der Waals surface area (Å²) in [6.45, 7) is 3.07. The lowest BCUT2D eigenvalue weighted by atomic mass is 9.90. The van der Waals surface area contributed by atoms with Gasteiger partial charge in [0.2, 0.25) is 0 Å². The van der Waals surface area contributed by atoms with Crippen molar-refractivity contribution in [1.29, 1.82) is 0 Å². The zero-order valence-electron chi connectivity index (χ0n) is 24.2. The first-order chi connectivity index (χ1) is 21.5. The van der Waals surface area contributed by atoms with Crippen LogP contribution in [0.3, 0.4) is 0 Å². The molecule has 2 aliphatic heterocycles. The summed E-state index contributed by atoms with van der Waals surface area (Å²) in [4.78, 5) is 39.9. The first-order valence-electron chi connectivity index (χ1n) is 13.8. The van der Waals surface area contributed by atoms with Crippen LogP contribution in [0.25, 0.3) is 0 Å². The SMILES string of the molecule is CCc1cc(C(O)(C(F)(F)F)C(F)(F)F)ccc1Oc1ccc(C(=O)CN2C(=O)N[C@@](C)(c3ccc4c(c3)OCCO4)C2=O)cc1. The van der Waals surface area contributed by atoms with Gasteiger partial charge in [-0.2, -0.15) is 26.3 Å². The Labute approximate surface area is 257 Å². The fraction of sp³-hybridized carbons (Fsp3) is 0.323. The lowest BCUT2D eigenvalue weighted by molar-refractivity contribution is -0.376. The number of hydrogen-bond acceptors (Lipinski definition) is 7. The Morgan fingerprint density at radius 2 is 1.57 bits per heavy atom.